The van der Waals surface area contributed by atoms with Gasteiger partial charge in [-0.3, -0.25) is 9.78 Å². The van der Waals surface area contributed by atoms with E-state index in [0.29, 0.717) is 16.8 Å². The van der Waals surface area contributed by atoms with Crippen molar-refractivity contribution < 1.29 is 13.9 Å². The lowest BCUT2D eigenvalue weighted by Crippen LogP contribution is -2.42. The number of carbonyl (C=O) groups excluding carboxylic acids is 1. The highest BCUT2D eigenvalue weighted by molar-refractivity contribution is 6.04. The molecule has 6 nitrogen and oxygen atoms in total. The minimum atomic E-state index is -1.17. The van der Waals surface area contributed by atoms with Crippen LogP contribution in [0.5, 0.6) is 0 Å². The summed E-state index contributed by atoms with van der Waals surface area (Å²) in [5.41, 5.74) is 0.411. The first-order valence-corrected chi connectivity index (χ1v) is 9.79. The van der Waals surface area contributed by atoms with Gasteiger partial charge in [0.25, 0.3) is 0 Å². The van der Waals surface area contributed by atoms with Gasteiger partial charge in [0.05, 0.1) is 29.3 Å². The first-order chi connectivity index (χ1) is 14.8. The summed E-state index contributed by atoms with van der Waals surface area (Å²) in [6, 6.07) is 12.9. The van der Waals surface area contributed by atoms with Crippen LogP contribution in [-0.2, 0) is 15.1 Å². The second-order valence-corrected chi connectivity index (χ2v) is 8.21. The van der Waals surface area contributed by atoms with E-state index in [9.17, 15) is 14.4 Å². The van der Waals surface area contributed by atoms with Crippen molar-refractivity contribution in [1.29, 1.82) is 5.26 Å². The summed E-state index contributed by atoms with van der Waals surface area (Å²) < 4.78 is 21.8. The van der Waals surface area contributed by atoms with Crippen LogP contribution in [0.15, 0.2) is 66.6 Å². The number of ether oxygens (including phenoxy) is 1. The molecule has 0 aliphatic heterocycles. The first-order valence-electron chi connectivity index (χ1n) is 9.79. The molecule has 0 bridgehead atoms. The molecule has 0 fully saturated rings. The van der Waals surface area contributed by atoms with Gasteiger partial charge in [0.15, 0.2) is 5.78 Å². The van der Waals surface area contributed by atoms with Crippen LogP contribution in [0.4, 0.5) is 4.39 Å². The van der Waals surface area contributed by atoms with E-state index in [0.717, 1.165) is 11.9 Å². The number of Topliss-reactive ketones (excluding diaryl/α,β-unsaturated/α-hetero) is 1. The van der Waals surface area contributed by atoms with E-state index in [1.54, 1.807) is 30.9 Å². The Kier molecular flexibility index (Phi) is 5.03. The Morgan fingerprint density at radius 3 is 2.65 bits per heavy atom. The molecule has 2 aromatic heterocycles. The van der Waals surface area contributed by atoms with Crippen molar-refractivity contribution in [2.24, 2.45) is 5.41 Å². The zero-order valence-electron chi connectivity index (χ0n) is 17.5. The minimum Gasteiger partial charge on any atom is -0.368 e. The lowest BCUT2D eigenvalue weighted by molar-refractivity contribution is -0.128. The van der Waals surface area contributed by atoms with Crippen LogP contribution in [0.25, 0.3) is 16.8 Å². The smallest absolute Gasteiger partial charge is 0.178 e. The van der Waals surface area contributed by atoms with Gasteiger partial charge < -0.3 is 4.74 Å². The van der Waals surface area contributed by atoms with Crippen LogP contribution in [0, 0.1) is 22.6 Å². The van der Waals surface area contributed by atoms with Crippen molar-refractivity contribution in [2.75, 3.05) is 7.11 Å². The summed E-state index contributed by atoms with van der Waals surface area (Å²) in [7, 11) is 1.50. The zero-order chi connectivity index (χ0) is 22.2. The number of pyridine rings is 1. The summed E-state index contributed by atoms with van der Waals surface area (Å²) in [5, 5.41) is 13.9. The highest BCUT2D eigenvalue weighted by atomic mass is 19.1. The average molecular weight is 416 g/mol. The Labute approximate surface area is 179 Å². The number of hydrogen-bond donors (Lipinski definition) is 0. The molecule has 0 spiro atoms. The van der Waals surface area contributed by atoms with E-state index in [4.69, 9.17) is 4.74 Å². The fourth-order valence-corrected chi connectivity index (χ4v) is 4.09. The van der Waals surface area contributed by atoms with Gasteiger partial charge >= 0.3 is 0 Å². The van der Waals surface area contributed by atoms with Crippen molar-refractivity contribution in [3.8, 4) is 22.9 Å². The summed E-state index contributed by atoms with van der Waals surface area (Å²) >= 11 is 0. The minimum absolute atomic E-state index is 0.00940. The number of carbonyl (C=O) groups is 1. The van der Waals surface area contributed by atoms with Crippen LogP contribution in [0.2, 0.25) is 0 Å². The van der Waals surface area contributed by atoms with Crippen LogP contribution in [0.3, 0.4) is 0 Å². The molecule has 1 atom stereocenters. The average Bonchev–Trinajstić information content (AvgIpc) is 3.26. The number of nitriles is 1. The number of hydrogen-bond acceptors (Lipinski definition) is 5. The fraction of sp³-hybridized carbons (Fsp3) is 0.250. The number of aromatic nitrogens is 3. The third-order valence-corrected chi connectivity index (χ3v) is 5.60. The van der Waals surface area contributed by atoms with Crippen LogP contribution in [-0.4, -0.2) is 27.7 Å². The summed E-state index contributed by atoms with van der Waals surface area (Å²) in [5.74, 6) is -0.753. The van der Waals surface area contributed by atoms with Gasteiger partial charge in [0, 0.05) is 29.8 Å². The predicted octanol–water partition coefficient (Wildman–Crippen LogP) is 4.36. The molecule has 0 radical (unpaired) electrons. The zero-order valence-corrected chi connectivity index (χ0v) is 17.5. The monoisotopic (exact) mass is 416 g/mol. The fourth-order valence-electron chi connectivity index (χ4n) is 4.09. The molecule has 1 unspecified atom stereocenters. The number of nitrogens with zero attached hydrogens (tertiary/aromatic N) is 4. The van der Waals surface area contributed by atoms with Gasteiger partial charge in [0.1, 0.15) is 17.5 Å². The molecular weight excluding hydrogens is 395 g/mol. The molecule has 0 amide bonds. The van der Waals surface area contributed by atoms with Gasteiger partial charge in [-0.05, 0) is 30.7 Å². The molecular formula is C24H21FN4O2. The number of allylic oxidation sites excluding steroid dienone is 1. The molecule has 0 N–H and O–H groups in total. The third kappa shape index (κ3) is 3.56. The number of methoxy groups -OCH3 is 1. The van der Waals surface area contributed by atoms with E-state index >= 15 is 0 Å². The van der Waals surface area contributed by atoms with E-state index in [2.05, 4.69) is 10.1 Å². The molecule has 7 heteroatoms. The van der Waals surface area contributed by atoms with E-state index in [1.807, 2.05) is 36.4 Å². The lowest BCUT2D eigenvalue weighted by atomic mass is 9.68. The van der Waals surface area contributed by atoms with Crippen molar-refractivity contribution in [3.05, 3.63) is 78.1 Å². The van der Waals surface area contributed by atoms with Crippen molar-refractivity contribution in [3.63, 3.8) is 0 Å². The summed E-state index contributed by atoms with van der Waals surface area (Å²) in [4.78, 5) is 17.0. The Morgan fingerprint density at radius 1 is 1.23 bits per heavy atom. The van der Waals surface area contributed by atoms with E-state index in [1.165, 1.54) is 19.3 Å². The van der Waals surface area contributed by atoms with Gasteiger partial charge in [0.2, 0.25) is 0 Å². The van der Waals surface area contributed by atoms with Gasteiger partial charge in [-0.25, -0.2) is 9.07 Å². The molecule has 31 heavy (non-hydrogen) atoms. The van der Waals surface area contributed by atoms with Crippen molar-refractivity contribution >= 4 is 5.78 Å². The molecule has 0 saturated heterocycles. The van der Waals surface area contributed by atoms with Crippen LogP contribution in [0.1, 0.15) is 26.0 Å². The van der Waals surface area contributed by atoms with Gasteiger partial charge in [-0.1, -0.05) is 32.0 Å². The van der Waals surface area contributed by atoms with E-state index < -0.39 is 16.8 Å². The van der Waals surface area contributed by atoms with Gasteiger partial charge in [-0.2, -0.15) is 10.4 Å². The van der Waals surface area contributed by atoms with Crippen molar-refractivity contribution in [1.82, 2.24) is 14.8 Å². The number of para-hydroxylation sites is 1. The number of benzene rings is 1. The maximum absolute atomic E-state index is 14.3. The number of rotatable bonds is 4. The first kappa shape index (κ1) is 20.6. The quantitative estimate of drug-likeness (QED) is 0.631. The SMILES string of the molecule is COC1(c2ncc(F)cc2-c2cnn(-c3ccccc3)c2)C=C(C#N)C(=O)C(C)(C)C1. The number of halogens is 1. The Balaban J connectivity index is 1.90. The van der Waals surface area contributed by atoms with E-state index in [-0.39, 0.29) is 17.8 Å². The molecule has 4 rings (SSSR count). The topological polar surface area (TPSA) is 80.8 Å². The standard InChI is InChI=1S/C24H21FN4O2/c1-23(2)15-24(31-3,10-16(11-26)22(23)30)21-20(9-18(25)13-27-21)17-12-28-29(14-17)19-7-5-4-6-8-19/h4-10,12-14H,15H2,1-3H3. The molecule has 3 aromatic rings. The molecule has 1 aliphatic rings. The lowest BCUT2D eigenvalue weighted by Gasteiger charge is -2.40. The maximum atomic E-state index is 14.3. The highest BCUT2D eigenvalue weighted by Crippen LogP contribution is 2.47. The molecule has 0 saturated carbocycles. The van der Waals surface area contributed by atoms with Crippen LogP contribution < -0.4 is 0 Å². The normalized spacial score (nSPS) is 20.2. The third-order valence-electron chi connectivity index (χ3n) is 5.60. The molecule has 1 aliphatic carbocycles. The Bertz CT molecular complexity index is 1220. The highest BCUT2D eigenvalue weighted by Gasteiger charge is 2.48. The predicted molar refractivity (Wildman–Crippen MR) is 113 cm³/mol. The van der Waals surface area contributed by atoms with Gasteiger partial charge in [-0.15, -0.1) is 0 Å². The molecule has 156 valence electrons. The largest absolute Gasteiger partial charge is 0.368 e. The number of ketones is 1. The summed E-state index contributed by atoms with van der Waals surface area (Å²) in [6.45, 7) is 3.54. The molecule has 2 heterocycles. The van der Waals surface area contributed by atoms with Crippen molar-refractivity contribution in [2.45, 2.75) is 25.9 Å². The maximum Gasteiger partial charge on any atom is 0.178 e. The summed E-state index contributed by atoms with van der Waals surface area (Å²) in [6.07, 6.45) is 6.30. The molecule has 1 aromatic carbocycles. The second-order valence-electron chi connectivity index (χ2n) is 8.21. The second kappa shape index (κ2) is 7.56. The Hall–Kier alpha value is -3.63. The Morgan fingerprint density at radius 2 is 1.97 bits per heavy atom. The van der Waals surface area contributed by atoms with Crippen LogP contribution >= 0.6 is 0 Å².